The molecule has 0 aromatic heterocycles. The predicted molar refractivity (Wildman–Crippen MR) is 56.5 cm³/mol. The van der Waals surface area contributed by atoms with Gasteiger partial charge in [0.15, 0.2) is 0 Å². The molecular formula is C11H19NO3. The van der Waals surface area contributed by atoms with Crippen LogP contribution in [-0.4, -0.2) is 24.0 Å². The zero-order valence-electron chi connectivity index (χ0n) is 9.74. The fourth-order valence-corrected chi connectivity index (χ4v) is 1.54. The normalized spacial score (nSPS) is 26.7. The minimum Gasteiger partial charge on any atom is -0.444 e. The van der Waals surface area contributed by atoms with Gasteiger partial charge in [-0.1, -0.05) is 6.92 Å². The van der Waals surface area contributed by atoms with Crippen LogP contribution in [0.2, 0.25) is 0 Å². The fourth-order valence-electron chi connectivity index (χ4n) is 1.54. The SMILES string of the molecule is CC1CC1C(C=O)NC(=O)OC(C)(C)C. The van der Waals surface area contributed by atoms with Crippen molar-refractivity contribution in [1.29, 1.82) is 0 Å². The summed E-state index contributed by atoms with van der Waals surface area (Å²) >= 11 is 0. The third kappa shape index (κ3) is 3.90. The first-order valence-corrected chi connectivity index (χ1v) is 5.28. The van der Waals surface area contributed by atoms with Gasteiger partial charge in [-0.25, -0.2) is 4.79 Å². The topological polar surface area (TPSA) is 55.4 Å². The number of nitrogens with one attached hydrogen (secondary N) is 1. The molecule has 1 aliphatic carbocycles. The van der Waals surface area contributed by atoms with Crippen LogP contribution in [0, 0.1) is 11.8 Å². The summed E-state index contributed by atoms with van der Waals surface area (Å²) in [6.45, 7) is 7.45. The van der Waals surface area contributed by atoms with Crippen LogP contribution in [0.3, 0.4) is 0 Å². The Kier molecular flexibility index (Phi) is 3.37. The zero-order valence-corrected chi connectivity index (χ0v) is 9.74. The molecule has 4 heteroatoms. The van der Waals surface area contributed by atoms with Crippen LogP contribution in [-0.2, 0) is 9.53 Å². The molecule has 15 heavy (non-hydrogen) atoms. The first kappa shape index (κ1) is 12.0. The molecule has 0 bridgehead atoms. The number of hydrogen-bond donors (Lipinski definition) is 1. The quantitative estimate of drug-likeness (QED) is 0.726. The molecule has 0 spiro atoms. The lowest BCUT2D eigenvalue weighted by Crippen LogP contribution is -2.41. The van der Waals surface area contributed by atoms with Crippen molar-refractivity contribution in [3.05, 3.63) is 0 Å². The van der Waals surface area contributed by atoms with E-state index in [1.807, 2.05) is 0 Å². The monoisotopic (exact) mass is 213 g/mol. The minimum absolute atomic E-state index is 0.287. The summed E-state index contributed by atoms with van der Waals surface area (Å²) in [5, 5.41) is 2.59. The number of aldehydes is 1. The van der Waals surface area contributed by atoms with Crippen molar-refractivity contribution in [1.82, 2.24) is 5.32 Å². The maximum Gasteiger partial charge on any atom is 0.408 e. The molecule has 1 saturated carbocycles. The second-order valence-corrected chi connectivity index (χ2v) is 5.18. The number of carbonyl (C=O) groups is 2. The Balaban J connectivity index is 2.39. The van der Waals surface area contributed by atoms with Crippen LogP contribution < -0.4 is 5.32 Å². The van der Waals surface area contributed by atoms with Crippen LogP contribution in [0.1, 0.15) is 34.1 Å². The highest BCUT2D eigenvalue weighted by Gasteiger charge is 2.40. The molecule has 0 saturated heterocycles. The Bertz CT molecular complexity index is 257. The first-order valence-electron chi connectivity index (χ1n) is 5.28. The van der Waals surface area contributed by atoms with Crippen LogP contribution >= 0.6 is 0 Å². The van der Waals surface area contributed by atoms with Crippen molar-refractivity contribution in [2.75, 3.05) is 0 Å². The van der Waals surface area contributed by atoms with Gasteiger partial charge in [0, 0.05) is 0 Å². The minimum atomic E-state index is -0.521. The number of carbonyl (C=O) groups excluding carboxylic acids is 2. The van der Waals surface area contributed by atoms with Crippen molar-refractivity contribution in [2.45, 2.75) is 45.8 Å². The van der Waals surface area contributed by atoms with Crippen molar-refractivity contribution >= 4 is 12.4 Å². The van der Waals surface area contributed by atoms with Gasteiger partial charge in [-0.2, -0.15) is 0 Å². The van der Waals surface area contributed by atoms with E-state index in [2.05, 4.69) is 12.2 Å². The second kappa shape index (κ2) is 4.21. The Morgan fingerprint density at radius 2 is 2.07 bits per heavy atom. The largest absolute Gasteiger partial charge is 0.444 e. The van der Waals surface area contributed by atoms with Gasteiger partial charge in [0.1, 0.15) is 11.9 Å². The number of alkyl carbamates (subject to hydrolysis) is 1. The highest BCUT2D eigenvalue weighted by molar-refractivity contribution is 5.74. The molecule has 0 heterocycles. The molecular weight excluding hydrogens is 194 g/mol. The van der Waals surface area contributed by atoms with E-state index in [0.717, 1.165) is 12.7 Å². The number of ether oxygens (including phenoxy) is 1. The average Bonchev–Trinajstić information content (AvgIpc) is 2.75. The van der Waals surface area contributed by atoms with E-state index >= 15 is 0 Å². The summed E-state index contributed by atoms with van der Waals surface area (Å²) in [7, 11) is 0. The molecule has 3 atom stereocenters. The van der Waals surface area contributed by atoms with Gasteiger partial charge >= 0.3 is 6.09 Å². The third-order valence-corrected chi connectivity index (χ3v) is 2.46. The standard InChI is InChI=1S/C11H19NO3/c1-7-5-8(7)9(6-13)12-10(14)15-11(2,3)4/h6-9H,5H2,1-4H3,(H,12,14). The first-order chi connectivity index (χ1) is 6.83. The Morgan fingerprint density at radius 1 is 1.53 bits per heavy atom. The second-order valence-electron chi connectivity index (χ2n) is 5.18. The van der Waals surface area contributed by atoms with E-state index in [1.165, 1.54) is 0 Å². The molecule has 0 aliphatic heterocycles. The van der Waals surface area contributed by atoms with Crippen molar-refractivity contribution in [2.24, 2.45) is 11.8 Å². The molecule has 1 N–H and O–H groups in total. The Morgan fingerprint density at radius 3 is 2.40 bits per heavy atom. The number of rotatable bonds is 3. The maximum absolute atomic E-state index is 11.4. The van der Waals surface area contributed by atoms with Gasteiger partial charge in [-0.15, -0.1) is 0 Å². The van der Waals surface area contributed by atoms with Crippen molar-refractivity contribution in [3.63, 3.8) is 0 Å². The van der Waals surface area contributed by atoms with Gasteiger partial charge in [0.25, 0.3) is 0 Å². The summed E-state index contributed by atoms with van der Waals surface area (Å²) in [5.74, 6) is 0.810. The lowest BCUT2D eigenvalue weighted by atomic mass is 10.2. The fraction of sp³-hybridized carbons (Fsp3) is 0.818. The molecule has 0 aromatic rings. The molecule has 86 valence electrons. The number of hydrogen-bond acceptors (Lipinski definition) is 3. The van der Waals surface area contributed by atoms with Gasteiger partial charge in [-0.3, -0.25) is 0 Å². The van der Waals surface area contributed by atoms with Crippen LogP contribution in [0.25, 0.3) is 0 Å². The predicted octanol–water partition coefficient (Wildman–Crippen LogP) is 1.73. The lowest BCUT2D eigenvalue weighted by Gasteiger charge is -2.21. The highest BCUT2D eigenvalue weighted by Crippen LogP contribution is 2.39. The van der Waals surface area contributed by atoms with E-state index in [0.29, 0.717) is 5.92 Å². The summed E-state index contributed by atoms with van der Waals surface area (Å²) < 4.78 is 5.07. The molecule has 1 amide bonds. The molecule has 1 aliphatic rings. The van der Waals surface area contributed by atoms with Gasteiger partial charge < -0.3 is 14.8 Å². The summed E-state index contributed by atoms with van der Waals surface area (Å²) in [6.07, 6.45) is 1.27. The summed E-state index contributed by atoms with van der Waals surface area (Å²) in [6, 6.07) is -0.394. The van der Waals surface area contributed by atoms with E-state index in [9.17, 15) is 9.59 Å². The zero-order chi connectivity index (χ0) is 11.6. The van der Waals surface area contributed by atoms with E-state index in [1.54, 1.807) is 20.8 Å². The lowest BCUT2D eigenvalue weighted by molar-refractivity contribution is -0.110. The third-order valence-electron chi connectivity index (χ3n) is 2.46. The van der Waals surface area contributed by atoms with E-state index < -0.39 is 17.7 Å². The van der Waals surface area contributed by atoms with Gasteiger partial charge in [0.05, 0.1) is 6.04 Å². The molecule has 0 aromatic carbocycles. The van der Waals surface area contributed by atoms with Crippen molar-refractivity contribution in [3.8, 4) is 0 Å². The molecule has 1 fully saturated rings. The molecule has 0 radical (unpaired) electrons. The Hall–Kier alpha value is -1.06. The Labute approximate surface area is 90.4 Å². The van der Waals surface area contributed by atoms with Gasteiger partial charge in [-0.05, 0) is 39.0 Å². The molecule has 3 unspecified atom stereocenters. The average molecular weight is 213 g/mol. The summed E-state index contributed by atoms with van der Waals surface area (Å²) in [5.41, 5.74) is -0.521. The van der Waals surface area contributed by atoms with Crippen molar-refractivity contribution < 1.29 is 14.3 Å². The van der Waals surface area contributed by atoms with Crippen LogP contribution in [0.15, 0.2) is 0 Å². The summed E-state index contributed by atoms with van der Waals surface area (Å²) in [4.78, 5) is 22.1. The smallest absolute Gasteiger partial charge is 0.408 e. The van der Waals surface area contributed by atoms with E-state index in [-0.39, 0.29) is 5.92 Å². The van der Waals surface area contributed by atoms with Crippen LogP contribution in [0.4, 0.5) is 4.79 Å². The maximum atomic E-state index is 11.4. The van der Waals surface area contributed by atoms with E-state index in [4.69, 9.17) is 4.74 Å². The molecule has 1 rings (SSSR count). The van der Waals surface area contributed by atoms with Crippen LogP contribution in [0.5, 0.6) is 0 Å². The molecule has 4 nitrogen and oxygen atoms in total. The van der Waals surface area contributed by atoms with Gasteiger partial charge in [0.2, 0.25) is 0 Å². The highest BCUT2D eigenvalue weighted by atomic mass is 16.6. The number of amides is 1.